The smallest absolute Gasteiger partial charge is 0.325 e. The Hall–Kier alpha value is -3.20. The van der Waals surface area contributed by atoms with E-state index in [0.29, 0.717) is 24.9 Å². The first-order valence-corrected chi connectivity index (χ1v) is 13.3. The van der Waals surface area contributed by atoms with Crippen LogP contribution in [-0.2, 0) is 31.4 Å². The molecule has 2 fully saturated rings. The molecule has 0 unspecified atom stereocenters. The Morgan fingerprint density at radius 2 is 1.74 bits per heavy atom. The molecule has 0 aromatic heterocycles. The first-order valence-electron chi connectivity index (χ1n) is 11.5. The molecule has 9 heteroatoms. The molecule has 2 aliphatic heterocycles. The Morgan fingerprint density at radius 1 is 1.09 bits per heavy atom. The first kappa shape index (κ1) is 23.9. The van der Waals surface area contributed by atoms with E-state index in [9.17, 15) is 22.8 Å². The zero-order valence-electron chi connectivity index (χ0n) is 19.1. The zero-order chi connectivity index (χ0) is 24.3. The third kappa shape index (κ3) is 4.70. The van der Waals surface area contributed by atoms with Gasteiger partial charge in [-0.2, -0.15) is 0 Å². The number of carbonyl (C=O) groups is 3. The van der Waals surface area contributed by atoms with E-state index in [1.54, 1.807) is 24.3 Å². The average molecular weight is 484 g/mol. The molecule has 0 aliphatic carbocycles. The molecular weight excluding hydrogens is 454 g/mol. The third-order valence-electron chi connectivity index (χ3n) is 6.48. The van der Waals surface area contributed by atoms with Crippen LogP contribution in [0.2, 0.25) is 0 Å². The molecule has 0 radical (unpaired) electrons. The van der Waals surface area contributed by atoms with Gasteiger partial charge >= 0.3 is 6.03 Å². The predicted molar refractivity (Wildman–Crippen MR) is 128 cm³/mol. The lowest BCUT2D eigenvalue weighted by Crippen LogP contribution is -2.49. The van der Waals surface area contributed by atoms with Crippen LogP contribution >= 0.6 is 0 Å². The second-order valence-electron chi connectivity index (χ2n) is 8.90. The number of imide groups is 1. The van der Waals surface area contributed by atoms with Crippen molar-refractivity contribution in [2.24, 2.45) is 0 Å². The van der Waals surface area contributed by atoms with Gasteiger partial charge in [0.05, 0.1) is 11.5 Å². The lowest BCUT2D eigenvalue weighted by atomic mass is 9.83. The fourth-order valence-corrected chi connectivity index (χ4v) is 6.54. The Bertz CT molecular complexity index is 1170. The fourth-order valence-electron chi connectivity index (χ4n) is 4.81. The molecule has 0 bridgehead atoms. The molecule has 2 saturated heterocycles. The number of amides is 4. The highest BCUT2D eigenvalue weighted by molar-refractivity contribution is 7.91. The molecule has 2 atom stereocenters. The topological polar surface area (TPSA) is 104 Å². The van der Waals surface area contributed by atoms with Crippen molar-refractivity contribution in [1.82, 2.24) is 15.1 Å². The summed E-state index contributed by atoms with van der Waals surface area (Å²) in [6.07, 6.45) is 1.26. The van der Waals surface area contributed by atoms with Crippen molar-refractivity contribution in [3.05, 3.63) is 71.8 Å². The average Bonchev–Trinajstić information content (AvgIpc) is 3.30. The molecule has 4 rings (SSSR count). The normalized spacial score (nSPS) is 23.7. The molecule has 0 saturated carbocycles. The number of hydrogen-bond donors (Lipinski definition) is 1. The Labute approximate surface area is 199 Å². The minimum Gasteiger partial charge on any atom is -0.337 e. The summed E-state index contributed by atoms with van der Waals surface area (Å²) < 4.78 is 23.9. The van der Waals surface area contributed by atoms with Crippen LogP contribution in [0.5, 0.6) is 0 Å². The minimum atomic E-state index is -3.18. The predicted octanol–water partition coefficient (Wildman–Crippen LogP) is 2.10. The first-order chi connectivity index (χ1) is 16.3. The highest BCUT2D eigenvalue weighted by atomic mass is 32.2. The number of nitrogens with one attached hydrogen (secondary N) is 1. The van der Waals surface area contributed by atoms with Gasteiger partial charge in [0.15, 0.2) is 15.4 Å². The maximum absolute atomic E-state index is 13.8. The van der Waals surface area contributed by atoms with Crippen LogP contribution in [0.15, 0.2) is 60.7 Å². The quantitative estimate of drug-likeness (QED) is 0.579. The summed E-state index contributed by atoms with van der Waals surface area (Å²) in [6, 6.07) is 17.4. The summed E-state index contributed by atoms with van der Waals surface area (Å²) in [5.41, 5.74) is 0.183. The standard InChI is InChI=1S/C25H29N3O5S/c1-2-14-27(21-13-15-34(32,33)18-21)22(29)17-28-23(30)25(26-24(28)31,20-11-7-4-8-12-20)16-19-9-5-3-6-10-19/h3-12,21H,2,13-18H2,1H3,(H,26,31)/t21-,25+/m0/s1. The third-order valence-corrected chi connectivity index (χ3v) is 8.23. The summed E-state index contributed by atoms with van der Waals surface area (Å²) in [5.74, 6) is -0.948. The van der Waals surface area contributed by atoms with Crippen molar-refractivity contribution < 1.29 is 22.8 Å². The second-order valence-corrected chi connectivity index (χ2v) is 11.1. The molecule has 2 aromatic carbocycles. The van der Waals surface area contributed by atoms with Crippen molar-refractivity contribution in [2.75, 3.05) is 24.6 Å². The van der Waals surface area contributed by atoms with Crippen molar-refractivity contribution in [2.45, 2.75) is 37.8 Å². The highest BCUT2D eigenvalue weighted by Crippen LogP contribution is 2.33. The number of carbonyl (C=O) groups excluding carboxylic acids is 3. The molecule has 2 heterocycles. The number of sulfone groups is 1. The number of urea groups is 1. The second kappa shape index (κ2) is 9.58. The summed E-state index contributed by atoms with van der Waals surface area (Å²) in [7, 11) is -3.18. The van der Waals surface area contributed by atoms with Crippen LogP contribution in [0, 0.1) is 0 Å². The van der Waals surface area contributed by atoms with E-state index < -0.39 is 45.8 Å². The van der Waals surface area contributed by atoms with Crippen LogP contribution in [0.1, 0.15) is 30.9 Å². The van der Waals surface area contributed by atoms with E-state index in [2.05, 4.69) is 5.32 Å². The maximum atomic E-state index is 13.8. The molecule has 8 nitrogen and oxygen atoms in total. The molecule has 2 aliphatic rings. The van der Waals surface area contributed by atoms with Crippen LogP contribution in [0.4, 0.5) is 4.79 Å². The molecule has 2 aromatic rings. The van der Waals surface area contributed by atoms with Gasteiger partial charge in [0, 0.05) is 19.0 Å². The van der Waals surface area contributed by atoms with Crippen molar-refractivity contribution in [3.63, 3.8) is 0 Å². The fraction of sp³-hybridized carbons (Fsp3) is 0.400. The SMILES string of the molecule is CCCN(C(=O)CN1C(=O)N[C@](Cc2ccccc2)(c2ccccc2)C1=O)[C@H]1CCS(=O)(=O)C1. The van der Waals surface area contributed by atoms with E-state index in [4.69, 9.17) is 0 Å². The molecule has 4 amide bonds. The molecule has 1 N–H and O–H groups in total. The summed E-state index contributed by atoms with van der Waals surface area (Å²) in [4.78, 5) is 42.5. The minimum absolute atomic E-state index is 0.0441. The van der Waals surface area contributed by atoms with Gasteiger partial charge in [-0.3, -0.25) is 14.5 Å². The van der Waals surface area contributed by atoms with Crippen LogP contribution < -0.4 is 5.32 Å². The van der Waals surface area contributed by atoms with E-state index in [1.165, 1.54) is 4.90 Å². The molecular formula is C25H29N3O5S. The van der Waals surface area contributed by atoms with Crippen molar-refractivity contribution in [3.8, 4) is 0 Å². The lowest BCUT2D eigenvalue weighted by Gasteiger charge is -2.30. The van der Waals surface area contributed by atoms with E-state index in [0.717, 1.165) is 10.5 Å². The Balaban J connectivity index is 1.61. The van der Waals surface area contributed by atoms with Gasteiger partial charge < -0.3 is 10.2 Å². The zero-order valence-corrected chi connectivity index (χ0v) is 20.0. The maximum Gasteiger partial charge on any atom is 0.325 e. The summed E-state index contributed by atoms with van der Waals surface area (Å²) in [5, 5.41) is 2.86. The van der Waals surface area contributed by atoms with Gasteiger partial charge in [0.2, 0.25) is 5.91 Å². The number of rotatable bonds is 8. The number of benzene rings is 2. The lowest BCUT2D eigenvalue weighted by molar-refractivity contribution is -0.140. The van der Waals surface area contributed by atoms with Gasteiger partial charge in [-0.05, 0) is 24.0 Å². The summed E-state index contributed by atoms with van der Waals surface area (Å²) >= 11 is 0. The Kier molecular flexibility index (Phi) is 6.74. The van der Waals surface area contributed by atoms with E-state index >= 15 is 0 Å². The monoisotopic (exact) mass is 483 g/mol. The number of nitrogens with zero attached hydrogens (tertiary/aromatic N) is 2. The number of hydrogen-bond acceptors (Lipinski definition) is 5. The molecule has 34 heavy (non-hydrogen) atoms. The van der Waals surface area contributed by atoms with Crippen molar-refractivity contribution >= 4 is 27.7 Å². The molecule has 0 spiro atoms. The Morgan fingerprint density at radius 3 is 2.32 bits per heavy atom. The molecule has 180 valence electrons. The van der Waals surface area contributed by atoms with Gasteiger partial charge in [0.25, 0.3) is 5.91 Å². The van der Waals surface area contributed by atoms with Crippen molar-refractivity contribution in [1.29, 1.82) is 0 Å². The largest absolute Gasteiger partial charge is 0.337 e. The summed E-state index contributed by atoms with van der Waals surface area (Å²) in [6.45, 7) is 1.85. The van der Waals surface area contributed by atoms with E-state index in [1.807, 2.05) is 43.3 Å². The highest BCUT2D eigenvalue weighted by Gasteiger charge is 2.53. The van der Waals surface area contributed by atoms with Crippen LogP contribution in [0.25, 0.3) is 0 Å². The van der Waals surface area contributed by atoms with E-state index in [-0.39, 0.29) is 17.9 Å². The van der Waals surface area contributed by atoms with Gasteiger partial charge in [0.1, 0.15) is 6.54 Å². The van der Waals surface area contributed by atoms with Crippen LogP contribution in [0.3, 0.4) is 0 Å². The van der Waals surface area contributed by atoms with Crippen LogP contribution in [-0.4, -0.2) is 66.7 Å². The van der Waals surface area contributed by atoms with Gasteiger partial charge in [-0.15, -0.1) is 0 Å². The van der Waals surface area contributed by atoms with Gasteiger partial charge in [-0.1, -0.05) is 67.6 Å². The van der Waals surface area contributed by atoms with Gasteiger partial charge in [-0.25, -0.2) is 13.2 Å².